The van der Waals surface area contributed by atoms with Crippen molar-refractivity contribution < 1.29 is 18.7 Å². The molecule has 3 aromatic rings. The molecule has 0 saturated heterocycles. The van der Waals surface area contributed by atoms with Crippen LogP contribution in [0.25, 0.3) is 11.1 Å². The van der Waals surface area contributed by atoms with Crippen molar-refractivity contribution in [2.24, 2.45) is 0 Å². The fourth-order valence-electron chi connectivity index (χ4n) is 3.00. The van der Waals surface area contributed by atoms with Crippen molar-refractivity contribution in [3.05, 3.63) is 101 Å². The first kappa shape index (κ1) is 19.4. The molecule has 0 radical (unpaired) electrons. The highest BCUT2D eigenvalue weighted by Crippen LogP contribution is 2.34. The predicted octanol–water partition coefficient (Wildman–Crippen LogP) is 5.36. The van der Waals surface area contributed by atoms with Gasteiger partial charge in [-0.25, -0.2) is 9.18 Å². The number of ether oxygens (including phenoxy) is 2. The van der Waals surface area contributed by atoms with Gasteiger partial charge in [-0.3, -0.25) is 0 Å². The predicted molar refractivity (Wildman–Crippen MR) is 108 cm³/mol. The van der Waals surface area contributed by atoms with Gasteiger partial charge in [0.25, 0.3) is 0 Å². The maximum absolute atomic E-state index is 13.5. The van der Waals surface area contributed by atoms with E-state index in [2.05, 4.69) is 0 Å². The number of carbonyl (C=O) groups is 1. The highest BCUT2D eigenvalue weighted by molar-refractivity contribution is 6.26. The minimum absolute atomic E-state index is 0.258. The van der Waals surface area contributed by atoms with Gasteiger partial charge in [0.05, 0.1) is 19.3 Å². The lowest BCUT2D eigenvalue weighted by Gasteiger charge is -2.16. The smallest absolute Gasteiger partial charge is 0.339 e. The molecule has 0 saturated carbocycles. The van der Waals surface area contributed by atoms with Gasteiger partial charge in [-0.1, -0.05) is 54.6 Å². The average Bonchev–Trinajstić information content (AvgIpc) is 2.73. The van der Waals surface area contributed by atoms with Gasteiger partial charge < -0.3 is 9.47 Å². The second-order valence-electron chi connectivity index (χ2n) is 6.07. The summed E-state index contributed by atoms with van der Waals surface area (Å²) in [6, 6.07) is 22.8. The van der Waals surface area contributed by atoms with Crippen LogP contribution in [-0.2, 0) is 9.53 Å². The monoisotopic (exact) mass is 376 g/mol. The first-order valence-corrected chi connectivity index (χ1v) is 9.01. The molecule has 0 bridgehead atoms. The molecule has 0 amide bonds. The van der Waals surface area contributed by atoms with E-state index in [0.29, 0.717) is 16.9 Å². The third-order valence-corrected chi connectivity index (χ3v) is 4.30. The van der Waals surface area contributed by atoms with E-state index in [1.165, 1.54) is 12.1 Å². The second kappa shape index (κ2) is 9.00. The minimum atomic E-state index is -0.427. The Kier molecular flexibility index (Phi) is 6.22. The summed E-state index contributed by atoms with van der Waals surface area (Å²) in [5, 5.41) is 0. The van der Waals surface area contributed by atoms with E-state index in [-0.39, 0.29) is 12.4 Å². The van der Waals surface area contributed by atoms with Crippen molar-refractivity contribution in [2.45, 2.75) is 6.92 Å². The summed E-state index contributed by atoms with van der Waals surface area (Å²) in [5.74, 6) is -0.0568. The fourth-order valence-corrected chi connectivity index (χ4v) is 3.00. The highest BCUT2D eigenvalue weighted by atomic mass is 19.1. The van der Waals surface area contributed by atoms with Gasteiger partial charge in [-0.2, -0.15) is 0 Å². The third-order valence-electron chi connectivity index (χ3n) is 4.30. The topological polar surface area (TPSA) is 35.5 Å². The van der Waals surface area contributed by atoms with Crippen LogP contribution < -0.4 is 4.74 Å². The van der Waals surface area contributed by atoms with Crippen LogP contribution in [0.2, 0.25) is 0 Å². The summed E-state index contributed by atoms with van der Waals surface area (Å²) in [7, 11) is 1.60. The third kappa shape index (κ3) is 4.29. The zero-order valence-electron chi connectivity index (χ0n) is 15.8. The molecule has 0 spiro atoms. The van der Waals surface area contributed by atoms with Crippen LogP contribution in [0.1, 0.15) is 23.6 Å². The molecule has 0 aliphatic rings. The number of hydrogen-bond acceptors (Lipinski definition) is 3. The van der Waals surface area contributed by atoms with Gasteiger partial charge in [0.2, 0.25) is 0 Å². The zero-order chi connectivity index (χ0) is 19.9. The van der Waals surface area contributed by atoms with Crippen LogP contribution in [0.15, 0.2) is 78.9 Å². The van der Waals surface area contributed by atoms with Crippen molar-refractivity contribution in [1.29, 1.82) is 0 Å². The lowest BCUT2D eigenvalue weighted by atomic mass is 9.89. The van der Waals surface area contributed by atoms with Crippen molar-refractivity contribution in [3.63, 3.8) is 0 Å². The van der Waals surface area contributed by atoms with Gasteiger partial charge in [-0.05, 0) is 47.9 Å². The zero-order valence-corrected chi connectivity index (χ0v) is 15.8. The SMILES string of the molecule is CCOC(=O)/C(=C(\c1ccc(F)cc1)c1ccc(OC)cc1)c1ccccc1. The molecule has 28 heavy (non-hydrogen) atoms. The molecule has 0 unspecified atom stereocenters. The van der Waals surface area contributed by atoms with Crippen molar-refractivity contribution >= 4 is 17.1 Å². The summed E-state index contributed by atoms with van der Waals surface area (Å²) >= 11 is 0. The summed E-state index contributed by atoms with van der Waals surface area (Å²) in [6.45, 7) is 2.03. The molecule has 0 aliphatic heterocycles. The molecule has 0 atom stereocenters. The number of carbonyl (C=O) groups excluding carboxylic acids is 1. The lowest BCUT2D eigenvalue weighted by molar-refractivity contribution is -0.136. The molecule has 0 aromatic heterocycles. The molecule has 4 heteroatoms. The molecule has 142 valence electrons. The standard InChI is InChI=1S/C24H21FO3/c1-3-28-24(26)23(17-7-5-4-6-8-17)22(18-9-13-20(25)14-10-18)19-11-15-21(27-2)16-12-19/h4-16H,3H2,1-2H3/b23-22+. The first-order chi connectivity index (χ1) is 13.6. The average molecular weight is 376 g/mol. The largest absolute Gasteiger partial charge is 0.497 e. The summed E-state index contributed by atoms with van der Waals surface area (Å²) < 4.78 is 24.1. The van der Waals surface area contributed by atoms with E-state index in [0.717, 1.165) is 16.7 Å². The minimum Gasteiger partial charge on any atom is -0.497 e. The Morgan fingerprint density at radius 3 is 1.93 bits per heavy atom. The van der Waals surface area contributed by atoms with Crippen LogP contribution in [0, 0.1) is 5.82 Å². The molecular weight excluding hydrogens is 355 g/mol. The molecule has 0 fully saturated rings. The molecule has 0 N–H and O–H groups in total. The second-order valence-corrected chi connectivity index (χ2v) is 6.07. The Hall–Kier alpha value is -3.40. The molecule has 0 heterocycles. The summed E-state index contributed by atoms with van der Waals surface area (Å²) in [5.41, 5.74) is 3.36. The van der Waals surface area contributed by atoms with Crippen LogP contribution >= 0.6 is 0 Å². The number of esters is 1. The van der Waals surface area contributed by atoms with Gasteiger partial charge >= 0.3 is 5.97 Å². The number of methoxy groups -OCH3 is 1. The van der Waals surface area contributed by atoms with Crippen LogP contribution in [0.5, 0.6) is 5.75 Å². The van der Waals surface area contributed by atoms with E-state index < -0.39 is 5.97 Å². The van der Waals surface area contributed by atoms with E-state index in [1.54, 1.807) is 26.2 Å². The number of hydrogen-bond donors (Lipinski definition) is 0. The van der Waals surface area contributed by atoms with Crippen LogP contribution in [0.3, 0.4) is 0 Å². The Morgan fingerprint density at radius 1 is 0.821 bits per heavy atom. The van der Waals surface area contributed by atoms with E-state index >= 15 is 0 Å². The number of rotatable bonds is 6. The Bertz CT molecular complexity index is 959. The molecule has 3 aromatic carbocycles. The van der Waals surface area contributed by atoms with Crippen molar-refractivity contribution in [3.8, 4) is 5.75 Å². The van der Waals surface area contributed by atoms with Crippen LogP contribution in [0.4, 0.5) is 4.39 Å². The Morgan fingerprint density at radius 2 is 1.39 bits per heavy atom. The summed E-state index contributed by atoms with van der Waals surface area (Å²) in [6.07, 6.45) is 0. The maximum Gasteiger partial charge on any atom is 0.339 e. The normalized spacial score (nSPS) is 11.5. The molecular formula is C24H21FO3. The van der Waals surface area contributed by atoms with Gasteiger partial charge in [0.1, 0.15) is 11.6 Å². The summed E-state index contributed by atoms with van der Waals surface area (Å²) in [4.78, 5) is 12.9. The fraction of sp³-hybridized carbons (Fsp3) is 0.125. The number of halogens is 1. The van der Waals surface area contributed by atoms with Gasteiger partial charge in [0.15, 0.2) is 0 Å². The van der Waals surface area contributed by atoms with Gasteiger partial charge in [0, 0.05) is 5.57 Å². The molecule has 3 rings (SSSR count). The molecule has 3 nitrogen and oxygen atoms in total. The first-order valence-electron chi connectivity index (χ1n) is 9.01. The van der Waals surface area contributed by atoms with E-state index in [1.807, 2.05) is 54.6 Å². The van der Waals surface area contributed by atoms with E-state index in [9.17, 15) is 9.18 Å². The van der Waals surface area contributed by atoms with Gasteiger partial charge in [-0.15, -0.1) is 0 Å². The lowest BCUT2D eigenvalue weighted by Crippen LogP contribution is -2.10. The Balaban J connectivity index is 2.31. The quantitative estimate of drug-likeness (QED) is 0.330. The van der Waals surface area contributed by atoms with Crippen molar-refractivity contribution in [1.82, 2.24) is 0 Å². The van der Waals surface area contributed by atoms with E-state index in [4.69, 9.17) is 9.47 Å². The number of benzene rings is 3. The highest BCUT2D eigenvalue weighted by Gasteiger charge is 2.21. The maximum atomic E-state index is 13.5. The Labute approximate surface area is 164 Å². The van der Waals surface area contributed by atoms with Crippen LogP contribution in [-0.4, -0.2) is 19.7 Å². The van der Waals surface area contributed by atoms with Crippen molar-refractivity contribution in [2.75, 3.05) is 13.7 Å². The molecule has 0 aliphatic carbocycles.